The number of carbonyl (C=O) groups is 2. The van der Waals surface area contributed by atoms with Crippen LogP contribution in [0.25, 0.3) is 0 Å². The van der Waals surface area contributed by atoms with Crippen LogP contribution in [0.3, 0.4) is 0 Å². The molecule has 1 atom stereocenters. The lowest BCUT2D eigenvalue weighted by Crippen LogP contribution is -2.39. The predicted molar refractivity (Wildman–Crippen MR) is 90.8 cm³/mol. The fraction of sp³-hybridized carbons (Fsp3) is 0.556. The topological polar surface area (TPSA) is 94.1 Å². The third-order valence-electron chi connectivity index (χ3n) is 4.31. The monoisotopic (exact) mass is 351 g/mol. The maximum Gasteiger partial charge on any atom is 0.308 e. The summed E-state index contributed by atoms with van der Waals surface area (Å²) >= 11 is 0. The number of benzene rings is 1. The molecule has 7 nitrogen and oxygen atoms in total. The molecule has 138 valence electrons. The third-order valence-corrected chi connectivity index (χ3v) is 4.31. The Morgan fingerprint density at radius 3 is 2.68 bits per heavy atom. The molecule has 1 heterocycles. The van der Waals surface area contributed by atoms with Crippen molar-refractivity contribution in [1.29, 1.82) is 0 Å². The number of amides is 1. The number of aliphatic carboxylic acids is 1. The summed E-state index contributed by atoms with van der Waals surface area (Å²) < 4.78 is 15.8. The van der Waals surface area contributed by atoms with Gasteiger partial charge in [-0.2, -0.15) is 0 Å². The largest absolute Gasteiger partial charge is 0.490 e. The molecule has 1 fully saturated rings. The summed E-state index contributed by atoms with van der Waals surface area (Å²) in [5.41, 5.74) is 0.384. The normalized spacial score (nSPS) is 16.2. The predicted octanol–water partition coefficient (Wildman–Crippen LogP) is 1.57. The number of hydrogen-bond acceptors (Lipinski definition) is 5. The van der Waals surface area contributed by atoms with Gasteiger partial charge in [0.1, 0.15) is 12.4 Å². The van der Waals surface area contributed by atoms with Gasteiger partial charge in [0.2, 0.25) is 0 Å². The van der Waals surface area contributed by atoms with E-state index in [4.69, 9.17) is 14.2 Å². The van der Waals surface area contributed by atoms with Crippen LogP contribution >= 0.6 is 0 Å². The van der Waals surface area contributed by atoms with Gasteiger partial charge in [-0.25, -0.2) is 0 Å². The molecule has 1 amide bonds. The fourth-order valence-corrected chi connectivity index (χ4v) is 2.89. The maximum absolute atomic E-state index is 12.5. The molecular formula is C18H25NO6. The SMILES string of the molecule is COCCOc1ccccc1C(=O)NCC(C(=O)O)C1CCOCC1. The minimum absolute atomic E-state index is 0.0137. The lowest BCUT2D eigenvalue weighted by molar-refractivity contribution is -0.144. The van der Waals surface area contributed by atoms with Gasteiger partial charge >= 0.3 is 5.97 Å². The average molecular weight is 351 g/mol. The number of carboxylic acids is 1. The second-order valence-electron chi connectivity index (χ2n) is 5.94. The van der Waals surface area contributed by atoms with Crippen molar-refractivity contribution in [2.75, 3.05) is 40.1 Å². The number of ether oxygens (including phenoxy) is 3. The first-order valence-corrected chi connectivity index (χ1v) is 8.43. The molecule has 0 aromatic heterocycles. The van der Waals surface area contributed by atoms with Crippen LogP contribution in [-0.2, 0) is 14.3 Å². The Hall–Kier alpha value is -2.12. The number of methoxy groups -OCH3 is 1. The zero-order chi connectivity index (χ0) is 18.1. The number of carboxylic acid groups (broad SMARTS) is 1. The van der Waals surface area contributed by atoms with Crippen LogP contribution in [0.5, 0.6) is 5.75 Å². The van der Waals surface area contributed by atoms with Crippen molar-refractivity contribution in [3.8, 4) is 5.75 Å². The van der Waals surface area contributed by atoms with Crippen molar-refractivity contribution in [2.24, 2.45) is 11.8 Å². The van der Waals surface area contributed by atoms with Crippen molar-refractivity contribution < 1.29 is 28.9 Å². The smallest absolute Gasteiger partial charge is 0.308 e. The van der Waals surface area contributed by atoms with Gasteiger partial charge in [0.15, 0.2) is 0 Å². The van der Waals surface area contributed by atoms with Gasteiger partial charge in [-0.1, -0.05) is 12.1 Å². The molecule has 2 N–H and O–H groups in total. The first kappa shape index (κ1) is 19.2. The minimum atomic E-state index is -0.892. The van der Waals surface area contributed by atoms with Crippen LogP contribution in [0.15, 0.2) is 24.3 Å². The Labute approximate surface area is 147 Å². The number of rotatable bonds is 9. The van der Waals surface area contributed by atoms with Gasteiger partial charge in [-0.05, 0) is 30.9 Å². The van der Waals surface area contributed by atoms with Crippen molar-refractivity contribution in [3.63, 3.8) is 0 Å². The molecule has 1 aliphatic heterocycles. The van der Waals surface area contributed by atoms with Crippen LogP contribution < -0.4 is 10.1 Å². The summed E-state index contributed by atoms with van der Waals surface area (Å²) in [5, 5.41) is 12.2. The minimum Gasteiger partial charge on any atom is -0.490 e. The molecule has 2 rings (SSSR count). The first-order chi connectivity index (χ1) is 12.1. The van der Waals surface area contributed by atoms with Crippen molar-refractivity contribution in [2.45, 2.75) is 12.8 Å². The molecule has 0 bridgehead atoms. The van der Waals surface area contributed by atoms with Gasteiger partial charge in [-0.3, -0.25) is 9.59 Å². The van der Waals surface area contributed by atoms with Crippen LogP contribution in [0.1, 0.15) is 23.2 Å². The van der Waals surface area contributed by atoms with E-state index in [1.807, 2.05) is 0 Å². The molecule has 0 aliphatic carbocycles. The Morgan fingerprint density at radius 2 is 2.00 bits per heavy atom. The standard InChI is InChI=1S/C18H25NO6/c1-23-10-11-25-16-5-3-2-4-14(16)17(20)19-12-15(18(21)22)13-6-8-24-9-7-13/h2-5,13,15H,6-12H2,1H3,(H,19,20)(H,21,22). The zero-order valence-electron chi connectivity index (χ0n) is 14.4. The Balaban J connectivity index is 1.97. The summed E-state index contributed by atoms with van der Waals surface area (Å²) in [6.45, 7) is 1.98. The second-order valence-corrected chi connectivity index (χ2v) is 5.94. The molecule has 1 aromatic rings. The Kier molecular flexibility index (Phi) is 7.69. The average Bonchev–Trinajstić information content (AvgIpc) is 2.63. The van der Waals surface area contributed by atoms with Crippen molar-refractivity contribution >= 4 is 11.9 Å². The van der Waals surface area contributed by atoms with Gasteiger partial charge in [0.25, 0.3) is 5.91 Å². The van der Waals surface area contributed by atoms with Crippen molar-refractivity contribution in [3.05, 3.63) is 29.8 Å². The highest BCUT2D eigenvalue weighted by atomic mass is 16.5. The lowest BCUT2D eigenvalue weighted by Gasteiger charge is -2.27. The molecular weight excluding hydrogens is 326 g/mol. The summed E-state index contributed by atoms with van der Waals surface area (Å²) in [5.74, 6) is -1.38. The lowest BCUT2D eigenvalue weighted by atomic mass is 9.86. The molecule has 1 saturated heterocycles. The van der Waals surface area contributed by atoms with Gasteiger partial charge in [0.05, 0.1) is 18.1 Å². The van der Waals surface area contributed by atoms with Gasteiger partial charge in [-0.15, -0.1) is 0 Å². The van der Waals surface area contributed by atoms with E-state index >= 15 is 0 Å². The highest BCUT2D eigenvalue weighted by Gasteiger charge is 2.30. The van der Waals surface area contributed by atoms with E-state index in [2.05, 4.69) is 5.32 Å². The summed E-state index contributed by atoms with van der Waals surface area (Å²) in [6.07, 6.45) is 1.40. The molecule has 1 unspecified atom stereocenters. The van der Waals surface area contributed by atoms with Gasteiger partial charge in [0, 0.05) is 26.9 Å². The number of para-hydroxylation sites is 1. The van der Waals surface area contributed by atoms with E-state index in [1.54, 1.807) is 31.4 Å². The summed E-state index contributed by atoms with van der Waals surface area (Å²) in [6, 6.07) is 6.88. The number of hydrogen-bond donors (Lipinski definition) is 2. The highest BCUT2D eigenvalue weighted by molar-refractivity contribution is 5.97. The molecule has 1 aliphatic rings. The Bertz CT molecular complexity index is 570. The van der Waals surface area contributed by atoms with Crippen LogP contribution in [0.4, 0.5) is 0 Å². The van der Waals surface area contributed by atoms with Crippen LogP contribution in [-0.4, -0.2) is 57.1 Å². The Morgan fingerprint density at radius 1 is 1.28 bits per heavy atom. The second kappa shape index (κ2) is 10.0. The van der Waals surface area contributed by atoms with Crippen LogP contribution in [0.2, 0.25) is 0 Å². The quantitative estimate of drug-likeness (QED) is 0.656. The molecule has 1 aromatic carbocycles. The van der Waals surface area contributed by atoms with E-state index < -0.39 is 11.9 Å². The van der Waals surface area contributed by atoms with E-state index in [0.29, 0.717) is 50.6 Å². The molecule has 7 heteroatoms. The molecule has 25 heavy (non-hydrogen) atoms. The van der Waals surface area contributed by atoms with E-state index in [-0.39, 0.29) is 18.4 Å². The molecule has 0 saturated carbocycles. The van der Waals surface area contributed by atoms with E-state index in [9.17, 15) is 14.7 Å². The zero-order valence-corrected chi connectivity index (χ0v) is 14.4. The first-order valence-electron chi connectivity index (χ1n) is 8.43. The van der Waals surface area contributed by atoms with Gasteiger partial charge < -0.3 is 24.6 Å². The third kappa shape index (κ3) is 5.72. The fourth-order valence-electron chi connectivity index (χ4n) is 2.89. The molecule has 0 radical (unpaired) electrons. The highest BCUT2D eigenvalue weighted by Crippen LogP contribution is 2.24. The summed E-state index contributed by atoms with van der Waals surface area (Å²) in [7, 11) is 1.57. The molecule has 0 spiro atoms. The van der Waals surface area contributed by atoms with Crippen LogP contribution in [0, 0.1) is 11.8 Å². The number of carbonyl (C=O) groups excluding carboxylic acids is 1. The number of nitrogens with one attached hydrogen (secondary N) is 1. The summed E-state index contributed by atoms with van der Waals surface area (Å²) in [4.78, 5) is 24.0. The van der Waals surface area contributed by atoms with E-state index in [1.165, 1.54) is 0 Å². The van der Waals surface area contributed by atoms with Crippen molar-refractivity contribution in [1.82, 2.24) is 5.32 Å². The van der Waals surface area contributed by atoms with E-state index in [0.717, 1.165) is 0 Å². The maximum atomic E-state index is 12.5.